The van der Waals surface area contributed by atoms with Crippen molar-refractivity contribution in [2.45, 2.75) is 58.1 Å². The number of thiophene rings is 1. The van der Waals surface area contributed by atoms with Gasteiger partial charge in [0.1, 0.15) is 5.69 Å². The Hall–Kier alpha value is -1.80. The van der Waals surface area contributed by atoms with E-state index in [-0.39, 0.29) is 16.9 Å². The van der Waals surface area contributed by atoms with Crippen LogP contribution in [0.2, 0.25) is 0 Å². The summed E-state index contributed by atoms with van der Waals surface area (Å²) >= 11 is 1.98. The van der Waals surface area contributed by atoms with Gasteiger partial charge in [-0.1, -0.05) is 19.9 Å². The second-order valence-corrected chi connectivity index (χ2v) is 11.3. The van der Waals surface area contributed by atoms with E-state index in [2.05, 4.69) is 35.1 Å². The number of hydrogen-bond acceptors (Lipinski definition) is 6. The molecule has 3 aliphatic rings. The maximum atomic E-state index is 12.5. The third kappa shape index (κ3) is 4.87. The van der Waals surface area contributed by atoms with E-state index in [0.29, 0.717) is 18.8 Å². The number of likely N-dealkylation sites (tertiary alicyclic amines) is 1. The van der Waals surface area contributed by atoms with E-state index in [9.17, 15) is 4.79 Å². The van der Waals surface area contributed by atoms with Crippen LogP contribution in [0, 0.1) is 5.41 Å². The van der Waals surface area contributed by atoms with E-state index < -0.39 is 0 Å². The predicted octanol–water partition coefficient (Wildman–Crippen LogP) is 3.93. The van der Waals surface area contributed by atoms with Crippen LogP contribution in [0.4, 0.5) is 0 Å². The Kier molecular flexibility index (Phi) is 6.58. The number of nitrogens with one attached hydrogen (secondary N) is 1. The molecule has 0 saturated carbocycles. The van der Waals surface area contributed by atoms with E-state index in [4.69, 9.17) is 9.47 Å². The first kappa shape index (κ1) is 23.0. The van der Waals surface area contributed by atoms with Crippen LogP contribution in [0.5, 0.6) is 0 Å². The van der Waals surface area contributed by atoms with Gasteiger partial charge < -0.3 is 14.8 Å². The molecule has 5 rings (SSSR count). The number of aryl methyl sites for hydroxylation is 1. The fourth-order valence-corrected chi connectivity index (χ4v) is 6.45. The molecule has 1 amide bonds. The highest BCUT2D eigenvalue weighted by Gasteiger charge is 2.41. The quantitative estimate of drug-likeness (QED) is 0.695. The van der Waals surface area contributed by atoms with Crippen LogP contribution in [0.3, 0.4) is 0 Å². The number of nitrogens with zero attached hydrogens (tertiary/aromatic N) is 2. The number of aromatic nitrogens is 1. The summed E-state index contributed by atoms with van der Waals surface area (Å²) in [6.07, 6.45) is 7.07. The summed E-state index contributed by atoms with van der Waals surface area (Å²) in [6.45, 7) is 10.2. The first-order valence-corrected chi connectivity index (χ1v) is 13.1. The Morgan fingerprint density at radius 2 is 2.09 bits per heavy atom. The van der Waals surface area contributed by atoms with Gasteiger partial charge in [-0.05, 0) is 48.9 Å². The lowest BCUT2D eigenvalue weighted by atomic mass is 9.82. The molecule has 0 aromatic carbocycles. The molecule has 1 N–H and O–H groups in total. The van der Waals surface area contributed by atoms with E-state index in [1.165, 1.54) is 10.4 Å². The summed E-state index contributed by atoms with van der Waals surface area (Å²) in [4.78, 5) is 22.4. The van der Waals surface area contributed by atoms with E-state index >= 15 is 0 Å². The Morgan fingerprint density at radius 3 is 2.79 bits per heavy atom. The van der Waals surface area contributed by atoms with Gasteiger partial charge in [0.05, 0.1) is 18.8 Å². The lowest BCUT2D eigenvalue weighted by molar-refractivity contribution is -0.0981. The molecule has 6 nitrogen and oxygen atoms in total. The van der Waals surface area contributed by atoms with Crippen molar-refractivity contribution in [3.63, 3.8) is 0 Å². The monoisotopic (exact) mass is 469 g/mol. The summed E-state index contributed by atoms with van der Waals surface area (Å²) in [7, 11) is 0. The van der Waals surface area contributed by atoms with E-state index in [0.717, 1.165) is 70.5 Å². The van der Waals surface area contributed by atoms with Gasteiger partial charge in [-0.25, -0.2) is 0 Å². The predicted molar refractivity (Wildman–Crippen MR) is 130 cm³/mol. The van der Waals surface area contributed by atoms with Crippen LogP contribution in [-0.2, 0) is 34.5 Å². The van der Waals surface area contributed by atoms with Gasteiger partial charge in [-0.3, -0.25) is 14.7 Å². The molecule has 0 bridgehead atoms. The topological polar surface area (TPSA) is 63.7 Å². The highest BCUT2D eigenvalue weighted by Crippen LogP contribution is 2.44. The minimum Gasteiger partial charge on any atom is -0.381 e. The van der Waals surface area contributed by atoms with Crippen molar-refractivity contribution in [1.82, 2.24) is 15.2 Å². The molecule has 2 saturated heterocycles. The third-order valence-corrected chi connectivity index (χ3v) is 8.85. The number of hydrogen-bond donors (Lipinski definition) is 1. The largest absolute Gasteiger partial charge is 0.381 e. The fourth-order valence-electron chi connectivity index (χ4n) is 5.28. The van der Waals surface area contributed by atoms with Gasteiger partial charge in [0.25, 0.3) is 5.91 Å². The molecule has 178 valence electrons. The van der Waals surface area contributed by atoms with Gasteiger partial charge in [-0.15, -0.1) is 11.3 Å². The van der Waals surface area contributed by atoms with Crippen LogP contribution in [-0.4, -0.2) is 55.2 Å². The van der Waals surface area contributed by atoms with Crippen LogP contribution in [0.1, 0.15) is 64.5 Å². The average Bonchev–Trinajstić information content (AvgIpc) is 3.47. The molecule has 0 aliphatic carbocycles. The standard InChI is InChI=1S/C26H35N3O3S/c1-3-20-14-21-23(33-20)6-12-32-26(21)7-10-29(11-8-26)16-19-4-5-22(27-15-19)24(30)28-17-25(2)9-13-31-18-25/h4-5,14-15H,3,6-13,16-18H2,1-2H3,(H,28,30). The Bertz CT molecular complexity index is 973. The molecule has 1 spiro atoms. The maximum absolute atomic E-state index is 12.5. The minimum atomic E-state index is -0.109. The van der Waals surface area contributed by atoms with Crippen molar-refractivity contribution in [1.29, 1.82) is 0 Å². The lowest BCUT2D eigenvalue weighted by Gasteiger charge is -2.44. The second-order valence-electron chi connectivity index (χ2n) is 10.1. The van der Waals surface area contributed by atoms with Crippen molar-refractivity contribution in [2.75, 3.05) is 39.5 Å². The molecule has 2 fully saturated rings. The molecule has 2 aromatic rings. The van der Waals surface area contributed by atoms with Gasteiger partial charge in [0, 0.05) is 60.6 Å². The number of pyridine rings is 1. The lowest BCUT2D eigenvalue weighted by Crippen LogP contribution is -2.45. The zero-order chi connectivity index (χ0) is 22.9. The molecule has 1 atom stereocenters. The molecule has 3 aliphatic heterocycles. The minimum absolute atomic E-state index is 0.0329. The highest BCUT2D eigenvalue weighted by molar-refractivity contribution is 7.12. The van der Waals surface area contributed by atoms with Crippen LogP contribution in [0.15, 0.2) is 24.4 Å². The molecule has 1 unspecified atom stereocenters. The molecule has 33 heavy (non-hydrogen) atoms. The zero-order valence-electron chi connectivity index (χ0n) is 19.8. The van der Waals surface area contributed by atoms with Gasteiger partial charge in [-0.2, -0.15) is 0 Å². The molecular weight excluding hydrogens is 434 g/mol. The number of carbonyl (C=O) groups excluding carboxylic acids is 1. The smallest absolute Gasteiger partial charge is 0.269 e. The number of carbonyl (C=O) groups is 1. The summed E-state index contributed by atoms with van der Waals surface area (Å²) in [6, 6.07) is 6.29. The SMILES string of the molecule is CCc1cc2c(s1)CCOC21CCN(Cc2ccc(C(=O)NCC3(C)CCOC3)nc2)CC1. The van der Waals surface area contributed by atoms with Crippen molar-refractivity contribution in [3.05, 3.63) is 51.0 Å². The van der Waals surface area contributed by atoms with Gasteiger partial charge in [0.2, 0.25) is 0 Å². The highest BCUT2D eigenvalue weighted by atomic mass is 32.1. The number of ether oxygens (including phenoxy) is 2. The van der Waals surface area contributed by atoms with E-state index in [1.54, 1.807) is 4.88 Å². The van der Waals surface area contributed by atoms with Crippen LogP contribution >= 0.6 is 11.3 Å². The van der Waals surface area contributed by atoms with Crippen LogP contribution in [0.25, 0.3) is 0 Å². The first-order valence-electron chi connectivity index (χ1n) is 12.3. The number of piperidine rings is 1. The van der Waals surface area contributed by atoms with Crippen molar-refractivity contribution in [3.8, 4) is 0 Å². The Balaban J connectivity index is 1.15. The molecular formula is C26H35N3O3S. The van der Waals surface area contributed by atoms with Crippen molar-refractivity contribution >= 4 is 17.2 Å². The molecule has 5 heterocycles. The average molecular weight is 470 g/mol. The van der Waals surface area contributed by atoms with Gasteiger partial charge >= 0.3 is 0 Å². The molecule has 7 heteroatoms. The third-order valence-electron chi connectivity index (χ3n) is 7.51. The molecule has 0 radical (unpaired) electrons. The summed E-state index contributed by atoms with van der Waals surface area (Å²) in [5.74, 6) is -0.109. The number of amides is 1. The first-order chi connectivity index (χ1) is 16.0. The zero-order valence-corrected chi connectivity index (χ0v) is 20.6. The summed E-state index contributed by atoms with van der Waals surface area (Å²) in [5.41, 5.74) is 3.03. The Labute approximate surface area is 200 Å². The van der Waals surface area contributed by atoms with Gasteiger partial charge in [0.15, 0.2) is 0 Å². The second kappa shape index (κ2) is 9.45. The Morgan fingerprint density at radius 1 is 1.24 bits per heavy atom. The summed E-state index contributed by atoms with van der Waals surface area (Å²) < 4.78 is 11.9. The van der Waals surface area contributed by atoms with E-state index in [1.807, 2.05) is 29.7 Å². The fraction of sp³-hybridized carbons (Fsp3) is 0.615. The summed E-state index contributed by atoms with van der Waals surface area (Å²) in [5, 5.41) is 3.02. The normalized spacial score (nSPS) is 24.7. The maximum Gasteiger partial charge on any atom is 0.269 e. The van der Waals surface area contributed by atoms with Crippen molar-refractivity contribution < 1.29 is 14.3 Å². The molecule has 2 aromatic heterocycles. The van der Waals surface area contributed by atoms with Crippen molar-refractivity contribution in [2.24, 2.45) is 5.41 Å². The number of rotatable bonds is 6. The number of fused-ring (bicyclic) bond motifs is 2. The van der Waals surface area contributed by atoms with Crippen LogP contribution < -0.4 is 5.32 Å².